The first-order valence-electron chi connectivity index (χ1n) is 6.20. The van der Waals surface area contributed by atoms with Crippen LogP contribution in [0.3, 0.4) is 0 Å². The van der Waals surface area contributed by atoms with E-state index < -0.39 is 23.7 Å². The quantitative estimate of drug-likeness (QED) is 0.816. The van der Waals surface area contributed by atoms with E-state index in [0.29, 0.717) is 19.4 Å². The Bertz CT molecular complexity index is 497. The highest BCUT2D eigenvalue weighted by molar-refractivity contribution is 6.36. The lowest BCUT2D eigenvalue weighted by molar-refractivity contribution is -0.151. The molecule has 0 aliphatic carbocycles. The van der Waals surface area contributed by atoms with Gasteiger partial charge < -0.3 is 10.0 Å². The fourth-order valence-corrected chi connectivity index (χ4v) is 2.28. The second-order valence-corrected chi connectivity index (χ2v) is 4.58. The maximum absolute atomic E-state index is 12.0. The van der Waals surface area contributed by atoms with Crippen LogP contribution in [0.25, 0.3) is 0 Å². The van der Waals surface area contributed by atoms with Gasteiger partial charge in [-0.05, 0) is 18.4 Å². The largest absolute Gasteiger partial charge is 0.480 e. The molecule has 5 nitrogen and oxygen atoms in total. The molecular weight excluding hydrogens is 246 g/mol. The fraction of sp³-hybridized carbons (Fsp3) is 0.357. The van der Waals surface area contributed by atoms with Gasteiger partial charge in [-0.3, -0.25) is 9.59 Å². The molecule has 1 atom stereocenters. The molecule has 5 heteroatoms. The van der Waals surface area contributed by atoms with Crippen LogP contribution in [0.4, 0.5) is 0 Å². The van der Waals surface area contributed by atoms with Crippen LogP contribution < -0.4 is 0 Å². The molecule has 1 N–H and O–H groups in total. The number of likely N-dealkylation sites (tertiary alicyclic amines) is 1. The van der Waals surface area contributed by atoms with E-state index in [9.17, 15) is 14.4 Å². The number of amides is 1. The van der Waals surface area contributed by atoms with Crippen LogP contribution in [-0.2, 0) is 20.8 Å². The van der Waals surface area contributed by atoms with Gasteiger partial charge in [-0.1, -0.05) is 30.3 Å². The van der Waals surface area contributed by atoms with Crippen molar-refractivity contribution in [3.63, 3.8) is 0 Å². The Hall–Kier alpha value is -2.17. The van der Waals surface area contributed by atoms with Gasteiger partial charge in [0, 0.05) is 13.0 Å². The second kappa shape index (κ2) is 5.65. The molecule has 0 saturated carbocycles. The minimum Gasteiger partial charge on any atom is -0.480 e. The number of Topliss-reactive ketones (excluding diaryl/α,β-unsaturated/α-hetero) is 1. The highest BCUT2D eigenvalue weighted by Gasteiger charge is 2.36. The first-order valence-corrected chi connectivity index (χ1v) is 6.20. The number of nitrogens with zero attached hydrogens (tertiary/aromatic N) is 1. The molecule has 1 amide bonds. The third-order valence-electron chi connectivity index (χ3n) is 3.24. The van der Waals surface area contributed by atoms with E-state index >= 15 is 0 Å². The Labute approximate surface area is 110 Å². The predicted molar refractivity (Wildman–Crippen MR) is 67.5 cm³/mol. The lowest BCUT2D eigenvalue weighted by atomic mass is 10.1. The van der Waals surface area contributed by atoms with Crippen molar-refractivity contribution in [2.45, 2.75) is 25.3 Å². The van der Waals surface area contributed by atoms with Crippen LogP contribution in [0.2, 0.25) is 0 Å². The van der Waals surface area contributed by atoms with E-state index in [1.165, 1.54) is 4.90 Å². The van der Waals surface area contributed by atoms with E-state index in [-0.39, 0.29) is 6.42 Å². The average molecular weight is 261 g/mol. The van der Waals surface area contributed by atoms with Crippen molar-refractivity contribution in [1.82, 2.24) is 4.90 Å². The molecule has 1 aliphatic heterocycles. The molecule has 1 aliphatic rings. The van der Waals surface area contributed by atoms with Crippen molar-refractivity contribution in [3.05, 3.63) is 35.9 Å². The lowest BCUT2D eigenvalue weighted by Crippen LogP contribution is -2.44. The summed E-state index contributed by atoms with van der Waals surface area (Å²) in [6, 6.07) is 8.10. The van der Waals surface area contributed by atoms with Crippen LogP contribution in [-0.4, -0.2) is 40.3 Å². The topological polar surface area (TPSA) is 74.7 Å². The molecule has 0 bridgehead atoms. The number of benzene rings is 1. The Morgan fingerprint density at radius 2 is 1.89 bits per heavy atom. The van der Waals surface area contributed by atoms with Crippen molar-refractivity contribution in [1.29, 1.82) is 0 Å². The third-order valence-corrected chi connectivity index (χ3v) is 3.24. The van der Waals surface area contributed by atoms with Crippen molar-refractivity contribution < 1.29 is 19.5 Å². The van der Waals surface area contributed by atoms with Crippen LogP contribution in [0.1, 0.15) is 18.4 Å². The summed E-state index contributed by atoms with van der Waals surface area (Å²) in [5, 5.41) is 9.00. The zero-order valence-electron chi connectivity index (χ0n) is 10.4. The fourth-order valence-electron chi connectivity index (χ4n) is 2.28. The zero-order valence-corrected chi connectivity index (χ0v) is 10.4. The van der Waals surface area contributed by atoms with Gasteiger partial charge in [0.2, 0.25) is 5.78 Å². The van der Waals surface area contributed by atoms with Crippen LogP contribution in [0, 0.1) is 0 Å². The number of aliphatic carboxylic acids is 1. The van der Waals surface area contributed by atoms with Crippen LogP contribution >= 0.6 is 0 Å². The normalized spacial score (nSPS) is 18.3. The highest BCUT2D eigenvalue weighted by Crippen LogP contribution is 2.18. The Morgan fingerprint density at radius 3 is 2.53 bits per heavy atom. The summed E-state index contributed by atoms with van der Waals surface area (Å²) in [7, 11) is 0. The molecule has 1 saturated heterocycles. The predicted octanol–water partition coefficient (Wildman–Crippen LogP) is 0.874. The molecule has 1 aromatic rings. The minimum atomic E-state index is -1.04. The van der Waals surface area contributed by atoms with Crippen molar-refractivity contribution in [2.75, 3.05) is 6.54 Å². The molecular formula is C14H15NO4. The summed E-state index contributed by atoms with van der Waals surface area (Å²) in [5.41, 5.74) is 0.756. The van der Waals surface area contributed by atoms with Gasteiger partial charge in [0.25, 0.3) is 5.91 Å². The van der Waals surface area contributed by atoms with Crippen molar-refractivity contribution in [3.8, 4) is 0 Å². The number of rotatable bonds is 4. The number of hydrogen-bond acceptors (Lipinski definition) is 3. The Morgan fingerprint density at radius 1 is 1.21 bits per heavy atom. The summed E-state index contributed by atoms with van der Waals surface area (Å²) in [4.78, 5) is 36.0. The maximum Gasteiger partial charge on any atom is 0.326 e. The smallest absolute Gasteiger partial charge is 0.326 e. The number of carbonyl (C=O) groups is 3. The standard InChI is InChI=1S/C14H15NO4/c16-12(9-10-5-2-1-3-6-10)13(17)15-8-4-7-11(15)14(18)19/h1-3,5-6,11H,4,7-9H2,(H,18,19)/t11-/m0/s1. The third kappa shape index (κ3) is 2.99. The molecule has 1 aromatic carbocycles. The number of carboxylic acid groups (broad SMARTS) is 1. The molecule has 2 rings (SSSR count). The molecule has 0 unspecified atom stereocenters. The second-order valence-electron chi connectivity index (χ2n) is 4.58. The van der Waals surface area contributed by atoms with Gasteiger partial charge in [-0.2, -0.15) is 0 Å². The van der Waals surface area contributed by atoms with Gasteiger partial charge in [0.1, 0.15) is 6.04 Å². The number of carbonyl (C=O) groups excluding carboxylic acids is 2. The molecule has 100 valence electrons. The SMILES string of the molecule is O=C(Cc1ccccc1)C(=O)N1CCC[C@H]1C(=O)O. The zero-order chi connectivity index (χ0) is 13.8. The van der Waals surface area contributed by atoms with E-state index in [2.05, 4.69) is 0 Å². The number of hydrogen-bond donors (Lipinski definition) is 1. The first-order chi connectivity index (χ1) is 9.09. The van der Waals surface area contributed by atoms with Gasteiger partial charge in [0.15, 0.2) is 0 Å². The summed E-state index contributed by atoms with van der Waals surface area (Å²) in [6.07, 6.45) is 1.06. The van der Waals surface area contributed by atoms with Gasteiger partial charge in [-0.15, -0.1) is 0 Å². The maximum atomic E-state index is 12.0. The molecule has 1 heterocycles. The number of carboxylic acids is 1. The van der Waals surface area contributed by atoms with E-state index in [4.69, 9.17) is 5.11 Å². The molecule has 0 radical (unpaired) electrons. The number of ketones is 1. The Kier molecular flexibility index (Phi) is 3.94. The monoisotopic (exact) mass is 261 g/mol. The minimum absolute atomic E-state index is 0.0164. The molecule has 0 aromatic heterocycles. The van der Waals surface area contributed by atoms with Crippen LogP contribution in [0.5, 0.6) is 0 Å². The van der Waals surface area contributed by atoms with Crippen molar-refractivity contribution in [2.24, 2.45) is 0 Å². The van der Waals surface area contributed by atoms with Gasteiger partial charge in [0.05, 0.1) is 0 Å². The first kappa shape index (κ1) is 13.3. The van der Waals surface area contributed by atoms with E-state index in [1.807, 2.05) is 6.07 Å². The highest BCUT2D eigenvalue weighted by atomic mass is 16.4. The summed E-state index contributed by atoms with van der Waals surface area (Å²) in [5.74, 6) is -2.29. The average Bonchev–Trinajstić information content (AvgIpc) is 2.88. The lowest BCUT2D eigenvalue weighted by Gasteiger charge is -2.20. The molecule has 1 fully saturated rings. The molecule has 19 heavy (non-hydrogen) atoms. The van der Waals surface area contributed by atoms with Gasteiger partial charge >= 0.3 is 5.97 Å². The van der Waals surface area contributed by atoms with Crippen molar-refractivity contribution >= 4 is 17.7 Å². The summed E-state index contributed by atoms with van der Waals surface area (Å²) < 4.78 is 0. The van der Waals surface area contributed by atoms with Crippen LogP contribution in [0.15, 0.2) is 30.3 Å². The van der Waals surface area contributed by atoms with E-state index in [1.54, 1.807) is 24.3 Å². The summed E-state index contributed by atoms with van der Waals surface area (Å²) >= 11 is 0. The summed E-state index contributed by atoms with van der Waals surface area (Å²) in [6.45, 7) is 0.344. The Balaban J connectivity index is 2.03. The van der Waals surface area contributed by atoms with Gasteiger partial charge in [-0.25, -0.2) is 4.79 Å². The molecule has 0 spiro atoms. The van der Waals surface area contributed by atoms with E-state index in [0.717, 1.165) is 5.56 Å².